The van der Waals surface area contributed by atoms with Crippen LogP contribution >= 0.6 is 23.2 Å². The lowest BCUT2D eigenvalue weighted by atomic mass is 10.0. The minimum atomic E-state index is -0.0502. The molecule has 2 nitrogen and oxygen atoms in total. The summed E-state index contributed by atoms with van der Waals surface area (Å²) in [4.78, 5) is 16.6. The highest BCUT2D eigenvalue weighted by atomic mass is 35.5. The normalized spacial score (nSPS) is 13.8. The Hall–Kier alpha value is -1.38. The van der Waals surface area contributed by atoms with Crippen molar-refractivity contribution >= 4 is 29.0 Å². The van der Waals surface area contributed by atoms with Crippen molar-refractivity contribution < 1.29 is 4.79 Å². The van der Waals surface area contributed by atoms with E-state index in [1.165, 1.54) is 6.20 Å². The summed E-state index contributed by atoms with van der Waals surface area (Å²) in [5, 5.41) is 1.21. The number of nitrogens with zero attached hydrogens (tertiary/aromatic N) is 1. The maximum absolute atomic E-state index is 12.4. The second-order valence-corrected chi connectivity index (χ2v) is 5.16. The van der Waals surface area contributed by atoms with Crippen LogP contribution in [0, 0.1) is 0 Å². The number of pyridine rings is 1. The van der Waals surface area contributed by atoms with E-state index >= 15 is 0 Å². The van der Waals surface area contributed by atoms with E-state index in [0.717, 1.165) is 24.0 Å². The first-order valence-electron chi connectivity index (χ1n) is 5.63. The molecule has 2 aromatic rings. The van der Waals surface area contributed by atoms with Crippen LogP contribution in [0.4, 0.5) is 0 Å². The van der Waals surface area contributed by atoms with E-state index in [4.69, 9.17) is 23.2 Å². The highest BCUT2D eigenvalue weighted by molar-refractivity contribution is 6.31. The predicted octanol–water partition coefficient (Wildman–Crippen LogP) is 3.72. The van der Waals surface area contributed by atoms with Gasteiger partial charge in [0.2, 0.25) is 5.78 Å². The number of aromatic nitrogens is 1. The topological polar surface area (TPSA) is 30.0 Å². The van der Waals surface area contributed by atoms with Gasteiger partial charge in [0.15, 0.2) is 0 Å². The maximum Gasteiger partial charge on any atom is 0.211 e. The van der Waals surface area contributed by atoms with Crippen LogP contribution in [0.2, 0.25) is 10.0 Å². The van der Waals surface area contributed by atoms with Crippen LogP contribution in [0.25, 0.3) is 0 Å². The zero-order chi connectivity index (χ0) is 12.7. The van der Waals surface area contributed by atoms with Crippen LogP contribution in [0.3, 0.4) is 0 Å². The number of carbonyl (C=O) groups excluding carboxylic acids is 1. The third-order valence-corrected chi connectivity index (χ3v) is 3.57. The lowest BCUT2D eigenvalue weighted by Crippen LogP contribution is -2.06. The number of fused-ring (bicyclic) bond motifs is 2. The van der Waals surface area contributed by atoms with E-state index in [1.807, 2.05) is 12.1 Å². The monoisotopic (exact) mass is 277 g/mol. The number of hydrogen-bond acceptors (Lipinski definition) is 2. The Labute approximate surface area is 115 Å². The Kier molecular flexibility index (Phi) is 2.84. The van der Waals surface area contributed by atoms with Crippen molar-refractivity contribution in [1.29, 1.82) is 0 Å². The fourth-order valence-electron chi connectivity index (χ4n) is 2.26. The van der Waals surface area contributed by atoms with Crippen molar-refractivity contribution in [3.05, 3.63) is 62.9 Å². The van der Waals surface area contributed by atoms with Gasteiger partial charge in [0.25, 0.3) is 0 Å². The van der Waals surface area contributed by atoms with Crippen LogP contribution in [0.15, 0.2) is 30.5 Å². The number of halogens is 2. The molecule has 18 heavy (non-hydrogen) atoms. The molecule has 0 amide bonds. The molecule has 3 rings (SSSR count). The van der Waals surface area contributed by atoms with E-state index in [2.05, 4.69) is 4.98 Å². The van der Waals surface area contributed by atoms with Crippen LogP contribution in [0.5, 0.6) is 0 Å². The van der Waals surface area contributed by atoms with Gasteiger partial charge in [-0.3, -0.25) is 9.78 Å². The van der Waals surface area contributed by atoms with Gasteiger partial charge >= 0.3 is 0 Å². The number of ketones is 1. The maximum atomic E-state index is 12.4. The molecule has 1 heterocycles. The molecule has 4 heteroatoms. The first-order valence-corrected chi connectivity index (χ1v) is 6.38. The Bertz CT molecular complexity index is 597. The molecule has 0 spiro atoms. The van der Waals surface area contributed by atoms with E-state index in [9.17, 15) is 4.79 Å². The van der Waals surface area contributed by atoms with Crippen molar-refractivity contribution in [1.82, 2.24) is 4.98 Å². The molecule has 0 unspecified atom stereocenters. The zero-order valence-electron chi connectivity index (χ0n) is 9.41. The number of rotatable bonds is 0. The summed E-state index contributed by atoms with van der Waals surface area (Å²) < 4.78 is 0. The number of benzene rings is 1. The fourth-order valence-corrected chi connectivity index (χ4v) is 2.64. The number of hydrogen-bond donors (Lipinski definition) is 0. The van der Waals surface area contributed by atoms with Gasteiger partial charge in [0.1, 0.15) is 5.69 Å². The average Bonchev–Trinajstić information content (AvgIpc) is 2.47. The smallest absolute Gasteiger partial charge is 0.211 e. The standard InChI is InChI=1S/C14H9Cl2NO/c15-10-3-4-12-8(5-10)1-2-9-6-11(16)7-17-13(9)14(12)18/h3-7H,1-2H2. The fraction of sp³-hybridized carbons (Fsp3) is 0.143. The van der Waals surface area contributed by atoms with E-state index in [-0.39, 0.29) is 5.78 Å². The van der Waals surface area contributed by atoms with Crippen molar-refractivity contribution in [2.24, 2.45) is 0 Å². The summed E-state index contributed by atoms with van der Waals surface area (Å²) in [7, 11) is 0. The van der Waals surface area contributed by atoms with Gasteiger partial charge in [0, 0.05) is 16.8 Å². The Balaban J connectivity index is 2.18. The van der Waals surface area contributed by atoms with Gasteiger partial charge in [-0.2, -0.15) is 0 Å². The van der Waals surface area contributed by atoms with Gasteiger partial charge in [-0.15, -0.1) is 0 Å². The molecule has 1 aromatic carbocycles. The minimum Gasteiger partial charge on any atom is -0.287 e. The van der Waals surface area contributed by atoms with E-state index < -0.39 is 0 Å². The molecule has 0 atom stereocenters. The summed E-state index contributed by atoms with van der Waals surface area (Å²) in [6.45, 7) is 0. The van der Waals surface area contributed by atoms with Crippen LogP contribution in [-0.4, -0.2) is 10.8 Å². The molecule has 0 radical (unpaired) electrons. The average molecular weight is 278 g/mol. The van der Waals surface area contributed by atoms with Gasteiger partial charge in [-0.05, 0) is 48.2 Å². The summed E-state index contributed by atoms with van der Waals surface area (Å²) >= 11 is 11.9. The van der Waals surface area contributed by atoms with Gasteiger partial charge in [-0.25, -0.2) is 0 Å². The third-order valence-electron chi connectivity index (χ3n) is 3.12. The molecule has 0 fully saturated rings. The minimum absolute atomic E-state index is 0.0502. The largest absolute Gasteiger partial charge is 0.287 e. The van der Waals surface area contributed by atoms with Crippen molar-refractivity contribution in [3.8, 4) is 0 Å². The predicted molar refractivity (Wildman–Crippen MR) is 71.5 cm³/mol. The van der Waals surface area contributed by atoms with Crippen LogP contribution in [0.1, 0.15) is 27.2 Å². The van der Waals surface area contributed by atoms with Gasteiger partial charge in [-0.1, -0.05) is 23.2 Å². The molecule has 0 saturated heterocycles. The molecule has 0 N–H and O–H groups in total. The Morgan fingerprint density at radius 2 is 1.72 bits per heavy atom. The Morgan fingerprint density at radius 1 is 1.00 bits per heavy atom. The second kappa shape index (κ2) is 4.38. The SMILES string of the molecule is O=C1c2ccc(Cl)cc2CCc2cc(Cl)cnc21. The lowest BCUT2D eigenvalue weighted by molar-refractivity contribution is 0.103. The summed E-state index contributed by atoms with van der Waals surface area (Å²) in [6, 6.07) is 7.17. The molecular weight excluding hydrogens is 269 g/mol. The summed E-state index contributed by atoms with van der Waals surface area (Å²) in [6.07, 6.45) is 3.04. The van der Waals surface area contributed by atoms with Gasteiger partial charge in [0.05, 0.1) is 5.02 Å². The number of aryl methyl sites for hydroxylation is 2. The van der Waals surface area contributed by atoms with Crippen molar-refractivity contribution in [2.75, 3.05) is 0 Å². The first kappa shape index (κ1) is 11.7. The number of carbonyl (C=O) groups is 1. The quantitative estimate of drug-likeness (QED) is 0.735. The molecule has 1 aliphatic carbocycles. The lowest BCUT2D eigenvalue weighted by Gasteiger charge is -2.04. The zero-order valence-corrected chi connectivity index (χ0v) is 10.9. The van der Waals surface area contributed by atoms with Crippen molar-refractivity contribution in [3.63, 3.8) is 0 Å². The first-order chi connectivity index (χ1) is 8.65. The second-order valence-electron chi connectivity index (χ2n) is 4.29. The molecule has 0 aliphatic heterocycles. The van der Waals surface area contributed by atoms with E-state index in [1.54, 1.807) is 12.1 Å². The molecular formula is C14H9Cl2NO. The third kappa shape index (κ3) is 1.92. The highest BCUT2D eigenvalue weighted by Gasteiger charge is 2.22. The van der Waals surface area contributed by atoms with E-state index in [0.29, 0.717) is 21.3 Å². The molecule has 1 aromatic heterocycles. The van der Waals surface area contributed by atoms with Crippen LogP contribution in [-0.2, 0) is 12.8 Å². The molecule has 1 aliphatic rings. The molecule has 0 bridgehead atoms. The highest BCUT2D eigenvalue weighted by Crippen LogP contribution is 2.26. The molecule has 90 valence electrons. The summed E-state index contributed by atoms with van der Waals surface area (Å²) in [5.41, 5.74) is 3.06. The Morgan fingerprint density at radius 3 is 2.56 bits per heavy atom. The summed E-state index contributed by atoms with van der Waals surface area (Å²) in [5.74, 6) is -0.0502. The van der Waals surface area contributed by atoms with Gasteiger partial charge < -0.3 is 0 Å². The van der Waals surface area contributed by atoms with Crippen molar-refractivity contribution in [2.45, 2.75) is 12.8 Å². The van der Waals surface area contributed by atoms with Crippen LogP contribution < -0.4 is 0 Å². The molecule has 0 saturated carbocycles.